The Kier molecular flexibility index (Phi) is 8.39. The molecule has 1 aliphatic rings. The molecule has 0 saturated carbocycles. The minimum atomic E-state index is -3.77. The Morgan fingerprint density at radius 3 is 2.70 bits per heavy atom. The van der Waals surface area contributed by atoms with E-state index in [1.807, 2.05) is 32.2 Å². The van der Waals surface area contributed by atoms with Gasteiger partial charge in [0.25, 0.3) is 0 Å². The van der Waals surface area contributed by atoms with Gasteiger partial charge >= 0.3 is 5.97 Å². The van der Waals surface area contributed by atoms with Crippen molar-refractivity contribution in [1.82, 2.24) is 19.3 Å². The summed E-state index contributed by atoms with van der Waals surface area (Å²) >= 11 is 0. The largest absolute Gasteiger partial charge is 0.481 e. The van der Waals surface area contributed by atoms with Gasteiger partial charge in [0.1, 0.15) is 6.67 Å². The van der Waals surface area contributed by atoms with Crippen molar-refractivity contribution in [1.29, 1.82) is 0 Å². The molecule has 0 bridgehead atoms. The molecule has 0 saturated heterocycles. The smallest absolute Gasteiger partial charge is 0.303 e. The molecule has 1 aromatic heterocycles. The van der Waals surface area contributed by atoms with Gasteiger partial charge in [-0.3, -0.25) is 9.48 Å². The van der Waals surface area contributed by atoms with E-state index < -0.39 is 22.7 Å². The predicted octanol–water partition coefficient (Wildman–Crippen LogP) is 4.34. The molecule has 0 radical (unpaired) electrons. The third kappa shape index (κ3) is 6.24. The van der Waals surface area contributed by atoms with Gasteiger partial charge in [-0.25, -0.2) is 12.8 Å². The Morgan fingerprint density at radius 2 is 2.00 bits per heavy atom. The van der Waals surface area contributed by atoms with Gasteiger partial charge in [-0.15, -0.1) is 5.10 Å². The van der Waals surface area contributed by atoms with Crippen molar-refractivity contribution in [2.75, 3.05) is 6.54 Å². The van der Waals surface area contributed by atoms with E-state index in [-0.39, 0.29) is 24.8 Å². The molecule has 2 atom stereocenters. The summed E-state index contributed by atoms with van der Waals surface area (Å²) in [7, 11) is -3.77. The van der Waals surface area contributed by atoms with Gasteiger partial charge in [-0.1, -0.05) is 48.5 Å². The van der Waals surface area contributed by atoms with Gasteiger partial charge < -0.3 is 5.11 Å². The number of aryl methyl sites for hydroxylation is 2. The number of aromatic nitrogens is 3. The molecule has 1 aliphatic heterocycles. The highest BCUT2D eigenvalue weighted by Crippen LogP contribution is 2.32. The molecule has 2 heterocycles. The van der Waals surface area contributed by atoms with Crippen LogP contribution < -0.4 is 0 Å². The SMILES string of the molecule is CCn1cc(CCC(CC(=O)O)c2ccc(CF)c(CN3CC(C)Cc4ccccc4S3(=O)=O)c2)nn1. The molecule has 37 heavy (non-hydrogen) atoms. The standard InChI is InChI=1S/C27H33FN4O4S/c1-3-31-18-25(29-30-31)11-10-21(14-27(33)34)20-8-9-23(15-28)24(13-20)17-32-16-19(2)12-22-6-4-5-7-26(22)37(32,35)36/h4-9,13,18-19,21H,3,10-12,14-17H2,1-2H3,(H,33,34). The van der Waals surface area contributed by atoms with Crippen LogP contribution in [0.25, 0.3) is 0 Å². The van der Waals surface area contributed by atoms with Crippen molar-refractivity contribution >= 4 is 16.0 Å². The Hall–Kier alpha value is -3.11. The number of hydrogen-bond donors (Lipinski definition) is 1. The number of carbonyl (C=O) groups is 1. The Labute approximate surface area is 217 Å². The number of benzene rings is 2. The summed E-state index contributed by atoms with van der Waals surface area (Å²) in [6.07, 6.45) is 3.47. The molecule has 1 N–H and O–H groups in total. The number of alkyl halides is 1. The number of sulfonamides is 1. The number of fused-ring (bicyclic) bond motifs is 1. The fraction of sp³-hybridized carbons (Fsp3) is 0.444. The molecular weight excluding hydrogens is 495 g/mol. The molecular formula is C27H33FN4O4S. The maximum Gasteiger partial charge on any atom is 0.303 e. The lowest BCUT2D eigenvalue weighted by Crippen LogP contribution is -2.33. The second-order valence-corrected chi connectivity index (χ2v) is 11.7. The van der Waals surface area contributed by atoms with Crippen LogP contribution in [-0.2, 0) is 47.4 Å². The summed E-state index contributed by atoms with van der Waals surface area (Å²) in [6.45, 7) is 4.27. The molecule has 3 aromatic rings. The second-order valence-electron chi connectivity index (χ2n) is 9.78. The minimum Gasteiger partial charge on any atom is -0.481 e. The molecule has 4 rings (SSSR count). The van der Waals surface area contributed by atoms with E-state index in [0.717, 1.165) is 16.8 Å². The molecule has 0 amide bonds. The number of carboxylic acids is 1. The maximum absolute atomic E-state index is 14.0. The lowest BCUT2D eigenvalue weighted by Gasteiger charge is -2.24. The fourth-order valence-electron chi connectivity index (χ4n) is 4.99. The van der Waals surface area contributed by atoms with E-state index in [2.05, 4.69) is 10.3 Å². The Bertz CT molecular complexity index is 1360. The van der Waals surface area contributed by atoms with Crippen molar-refractivity contribution in [3.05, 3.63) is 76.6 Å². The van der Waals surface area contributed by atoms with Gasteiger partial charge in [0.05, 0.1) is 17.0 Å². The van der Waals surface area contributed by atoms with E-state index >= 15 is 0 Å². The van der Waals surface area contributed by atoms with Gasteiger partial charge in [0.15, 0.2) is 0 Å². The van der Waals surface area contributed by atoms with E-state index in [0.29, 0.717) is 48.4 Å². The van der Waals surface area contributed by atoms with Crippen LogP contribution in [0, 0.1) is 5.92 Å². The first-order chi connectivity index (χ1) is 17.7. The van der Waals surface area contributed by atoms with Crippen LogP contribution in [0.2, 0.25) is 0 Å². The predicted molar refractivity (Wildman–Crippen MR) is 137 cm³/mol. The molecule has 8 nitrogen and oxygen atoms in total. The zero-order chi connectivity index (χ0) is 26.6. The third-order valence-electron chi connectivity index (χ3n) is 6.95. The number of carboxylic acid groups (broad SMARTS) is 1. The highest BCUT2D eigenvalue weighted by atomic mass is 32.2. The quantitative estimate of drug-likeness (QED) is 0.420. The highest BCUT2D eigenvalue weighted by molar-refractivity contribution is 7.89. The zero-order valence-electron chi connectivity index (χ0n) is 21.2. The summed E-state index contributed by atoms with van der Waals surface area (Å²) in [5.74, 6) is -1.18. The van der Waals surface area contributed by atoms with E-state index in [1.165, 1.54) is 4.31 Å². The molecule has 10 heteroatoms. The molecule has 2 aromatic carbocycles. The Balaban J connectivity index is 1.63. The third-order valence-corrected chi connectivity index (χ3v) is 8.86. The number of rotatable bonds is 10. The average molecular weight is 529 g/mol. The number of hydrogen-bond acceptors (Lipinski definition) is 5. The summed E-state index contributed by atoms with van der Waals surface area (Å²) in [5, 5.41) is 17.7. The van der Waals surface area contributed by atoms with E-state index in [1.54, 1.807) is 35.0 Å². The second kappa shape index (κ2) is 11.5. The summed E-state index contributed by atoms with van der Waals surface area (Å²) in [4.78, 5) is 12.0. The van der Waals surface area contributed by atoms with Crippen LogP contribution >= 0.6 is 0 Å². The van der Waals surface area contributed by atoms with Gasteiger partial charge in [0.2, 0.25) is 10.0 Å². The first-order valence-corrected chi connectivity index (χ1v) is 14.0. The average Bonchev–Trinajstić information content (AvgIpc) is 3.31. The van der Waals surface area contributed by atoms with Crippen molar-refractivity contribution < 1.29 is 22.7 Å². The van der Waals surface area contributed by atoms with Crippen molar-refractivity contribution in [3.63, 3.8) is 0 Å². The maximum atomic E-state index is 14.0. The van der Waals surface area contributed by atoms with Gasteiger partial charge in [-0.2, -0.15) is 4.31 Å². The van der Waals surface area contributed by atoms with Crippen LogP contribution in [0.4, 0.5) is 4.39 Å². The highest BCUT2D eigenvalue weighted by Gasteiger charge is 2.32. The normalized spacial score (nSPS) is 18.2. The van der Waals surface area contributed by atoms with Crippen molar-refractivity contribution in [3.8, 4) is 0 Å². The van der Waals surface area contributed by atoms with Crippen molar-refractivity contribution in [2.45, 2.75) is 70.1 Å². The zero-order valence-corrected chi connectivity index (χ0v) is 22.0. The number of aliphatic carboxylic acids is 1. The van der Waals surface area contributed by atoms with E-state index in [9.17, 15) is 22.7 Å². The first kappa shape index (κ1) is 26.9. The van der Waals surface area contributed by atoms with Gasteiger partial charge in [-0.05, 0) is 66.3 Å². The molecule has 198 valence electrons. The summed E-state index contributed by atoms with van der Waals surface area (Å²) in [6, 6.07) is 12.2. The summed E-state index contributed by atoms with van der Waals surface area (Å²) in [5.41, 5.74) is 3.28. The van der Waals surface area contributed by atoms with Crippen molar-refractivity contribution in [2.24, 2.45) is 5.92 Å². The molecule has 0 aliphatic carbocycles. The molecule has 0 fully saturated rings. The lowest BCUT2D eigenvalue weighted by molar-refractivity contribution is -0.137. The number of halogens is 1. The van der Waals surface area contributed by atoms with Crippen LogP contribution in [0.1, 0.15) is 60.6 Å². The Morgan fingerprint density at radius 1 is 1.22 bits per heavy atom. The minimum absolute atomic E-state index is 0.0265. The van der Waals surface area contributed by atoms with Crippen LogP contribution in [-0.4, -0.2) is 45.3 Å². The monoisotopic (exact) mass is 528 g/mol. The van der Waals surface area contributed by atoms with Crippen LogP contribution in [0.5, 0.6) is 0 Å². The van der Waals surface area contributed by atoms with Crippen LogP contribution in [0.15, 0.2) is 53.6 Å². The fourth-order valence-corrected chi connectivity index (χ4v) is 6.76. The molecule has 0 spiro atoms. The van der Waals surface area contributed by atoms with Crippen LogP contribution in [0.3, 0.4) is 0 Å². The first-order valence-electron chi connectivity index (χ1n) is 12.6. The van der Waals surface area contributed by atoms with Gasteiger partial charge in [0, 0.05) is 25.8 Å². The topological polar surface area (TPSA) is 105 Å². The molecule has 2 unspecified atom stereocenters. The van der Waals surface area contributed by atoms with E-state index in [4.69, 9.17) is 0 Å². The summed E-state index contributed by atoms with van der Waals surface area (Å²) < 4.78 is 44.3. The number of nitrogens with zero attached hydrogens (tertiary/aromatic N) is 4. The lowest BCUT2D eigenvalue weighted by atomic mass is 9.88.